The third kappa shape index (κ3) is 5.23. The van der Waals surface area contributed by atoms with E-state index in [0.717, 1.165) is 95.2 Å². The lowest BCUT2D eigenvalue weighted by Gasteiger charge is -2.49. The van der Waals surface area contributed by atoms with Gasteiger partial charge in [0, 0.05) is 31.3 Å². The number of fused-ring (bicyclic) bond motifs is 6. The summed E-state index contributed by atoms with van der Waals surface area (Å²) in [5.41, 5.74) is 10.7. The number of ketones is 1. The van der Waals surface area contributed by atoms with Gasteiger partial charge in [0.15, 0.2) is 0 Å². The van der Waals surface area contributed by atoms with Gasteiger partial charge in [-0.3, -0.25) is 9.69 Å². The highest BCUT2D eigenvalue weighted by atomic mass is 16.5. The van der Waals surface area contributed by atoms with E-state index in [-0.39, 0.29) is 17.1 Å². The molecule has 6 aliphatic rings. The largest absolute Gasteiger partial charge is 0.393 e. The van der Waals surface area contributed by atoms with E-state index in [0.29, 0.717) is 36.2 Å². The normalized spacial score (nSPS) is 43.9. The number of hydrogen-bond donors (Lipinski definition) is 2. The number of carbonyl (C=O) groups is 1. The monoisotopic (exact) mass is 566 g/mol. The summed E-state index contributed by atoms with van der Waals surface area (Å²) < 4.78 is 7.31. The Morgan fingerprint density at radius 2 is 1.93 bits per heavy atom. The molecule has 2 aliphatic heterocycles. The number of rotatable bonds is 9. The zero-order chi connectivity index (χ0) is 28.9. The minimum atomic E-state index is -0.139. The minimum Gasteiger partial charge on any atom is -0.393 e. The van der Waals surface area contributed by atoms with E-state index in [1.807, 2.05) is 0 Å². The molecule has 0 unspecified atom stereocenters. The Morgan fingerprint density at radius 1 is 1.12 bits per heavy atom. The minimum absolute atomic E-state index is 0.115. The standard InChI is InChI=1S/C36H58N2O3/c1-23-19-33-34(38(22-23)18-8-10-27(39)9-6-5-7-17-37)25(3)36(41-33)16-14-29-30-12-11-26-20-28(40)13-15-35(26,4)32(30)21-31(29)24(36)2/h11,23,25,28-30,32-34,40H,5-10,12-22,37H2,1-4H3/t23-,25+,28-,29-,30-,32-,33+,34-,35-,36-/m0/s1. The van der Waals surface area contributed by atoms with Crippen LogP contribution in [0.4, 0.5) is 0 Å². The predicted molar refractivity (Wildman–Crippen MR) is 165 cm³/mol. The number of carbonyl (C=O) groups excluding carboxylic acids is 1. The van der Waals surface area contributed by atoms with Crippen molar-refractivity contribution in [1.82, 2.24) is 4.90 Å². The smallest absolute Gasteiger partial charge is 0.132 e. The molecule has 5 heteroatoms. The number of Topliss-reactive ketones (excluding diaryl/α,β-unsaturated/α-hetero) is 1. The summed E-state index contributed by atoms with van der Waals surface area (Å²) in [4.78, 5) is 15.3. The number of aliphatic hydroxyl groups is 1. The van der Waals surface area contributed by atoms with Gasteiger partial charge in [-0.05, 0) is 125 Å². The average molecular weight is 567 g/mol. The summed E-state index contributed by atoms with van der Waals surface area (Å²) in [5, 5.41) is 10.4. The number of ether oxygens (including phenoxy) is 1. The lowest BCUT2D eigenvalue weighted by molar-refractivity contribution is -0.119. The highest BCUT2D eigenvalue weighted by Crippen LogP contribution is 2.65. The van der Waals surface area contributed by atoms with Gasteiger partial charge >= 0.3 is 0 Å². The second kappa shape index (κ2) is 11.8. The molecule has 0 amide bonds. The molecule has 0 radical (unpaired) electrons. The maximum absolute atomic E-state index is 12.5. The number of piperidine rings is 1. The molecule has 3 N–H and O–H groups in total. The first kappa shape index (κ1) is 30.0. The molecule has 10 atom stereocenters. The van der Waals surface area contributed by atoms with Gasteiger partial charge in [0.25, 0.3) is 0 Å². The Kier molecular flexibility index (Phi) is 8.66. The number of nitrogens with zero attached hydrogens (tertiary/aromatic N) is 1. The Morgan fingerprint density at radius 3 is 2.73 bits per heavy atom. The summed E-state index contributed by atoms with van der Waals surface area (Å²) in [5.74, 6) is 3.76. The zero-order valence-electron chi connectivity index (χ0n) is 26.5. The molecule has 230 valence electrons. The molecule has 4 aliphatic carbocycles. The van der Waals surface area contributed by atoms with Gasteiger partial charge in [0.1, 0.15) is 5.78 Å². The van der Waals surface area contributed by atoms with Crippen molar-refractivity contribution in [3.63, 3.8) is 0 Å². The van der Waals surface area contributed by atoms with Crippen molar-refractivity contribution in [3.05, 3.63) is 22.8 Å². The molecule has 0 aromatic carbocycles. The molecule has 5 nitrogen and oxygen atoms in total. The number of allylic oxidation sites excluding steroid dienone is 2. The molecular formula is C36H58N2O3. The van der Waals surface area contributed by atoms with Gasteiger partial charge in [-0.15, -0.1) is 0 Å². The Balaban J connectivity index is 1.16. The van der Waals surface area contributed by atoms with Crippen LogP contribution in [0.1, 0.15) is 118 Å². The van der Waals surface area contributed by atoms with E-state index in [1.165, 1.54) is 25.7 Å². The fourth-order valence-corrected chi connectivity index (χ4v) is 11.0. The first-order chi connectivity index (χ1) is 19.7. The molecule has 0 aromatic heterocycles. The molecule has 2 saturated carbocycles. The quantitative estimate of drug-likeness (QED) is 0.243. The number of likely N-dealkylation sites (tertiary alicyclic amines) is 1. The molecule has 0 aromatic rings. The molecule has 0 bridgehead atoms. The van der Waals surface area contributed by atoms with Crippen LogP contribution in [0.5, 0.6) is 0 Å². The maximum Gasteiger partial charge on any atom is 0.132 e. The van der Waals surface area contributed by atoms with Crippen LogP contribution >= 0.6 is 0 Å². The fraction of sp³-hybridized carbons (Fsp3) is 0.861. The maximum atomic E-state index is 12.5. The van der Waals surface area contributed by atoms with Gasteiger partial charge < -0.3 is 15.6 Å². The molecule has 6 rings (SSSR count). The molecule has 2 heterocycles. The van der Waals surface area contributed by atoms with Crippen molar-refractivity contribution < 1.29 is 14.6 Å². The van der Waals surface area contributed by atoms with Crippen LogP contribution in [0.3, 0.4) is 0 Å². The van der Waals surface area contributed by atoms with Crippen molar-refractivity contribution in [2.45, 2.75) is 141 Å². The van der Waals surface area contributed by atoms with Gasteiger partial charge in [0.2, 0.25) is 0 Å². The second-order valence-electron chi connectivity index (χ2n) is 15.5. The van der Waals surface area contributed by atoms with Crippen molar-refractivity contribution in [2.24, 2.45) is 40.7 Å². The SMILES string of the molecule is CC1=C2C[C@H]3[C@@H](CC=C4C[C@@H](O)CC[C@@]43C)[C@@H]2CC[C@]12O[C@@H]1C[C@H](C)CN(CCCC(=O)CCCCCN)[C@H]1[C@H]2C. The highest BCUT2D eigenvalue weighted by Gasteiger charge is 2.61. The predicted octanol–water partition coefficient (Wildman–Crippen LogP) is 6.58. The van der Waals surface area contributed by atoms with Crippen molar-refractivity contribution >= 4 is 5.78 Å². The van der Waals surface area contributed by atoms with Crippen LogP contribution in [0.15, 0.2) is 22.8 Å². The van der Waals surface area contributed by atoms with Crippen LogP contribution in [0, 0.1) is 35.0 Å². The first-order valence-corrected chi connectivity index (χ1v) is 17.4. The van der Waals surface area contributed by atoms with E-state index < -0.39 is 0 Å². The highest BCUT2D eigenvalue weighted by molar-refractivity contribution is 5.78. The van der Waals surface area contributed by atoms with E-state index in [9.17, 15) is 9.90 Å². The van der Waals surface area contributed by atoms with Gasteiger partial charge in [-0.2, -0.15) is 0 Å². The Labute approximate surface area is 249 Å². The van der Waals surface area contributed by atoms with Gasteiger partial charge in [0.05, 0.1) is 17.8 Å². The van der Waals surface area contributed by atoms with Crippen molar-refractivity contribution in [1.29, 1.82) is 0 Å². The lowest BCUT2D eigenvalue weighted by atomic mass is 9.56. The second-order valence-corrected chi connectivity index (χ2v) is 15.5. The van der Waals surface area contributed by atoms with Crippen LogP contribution in [0.2, 0.25) is 0 Å². The summed E-state index contributed by atoms with van der Waals surface area (Å²) in [6.07, 6.45) is 17.3. The topological polar surface area (TPSA) is 75.8 Å². The van der Waals surface area contributed by atoms with Crippen LogP contribution in [-0.2, 0) is 9.53 Å². The molecule has 2 saturated heterocycles. The average Bonchev–Trinajstić information content (AvgIpc) is 3.46. The van der Waals surface area contributed by atoms with E-state index in [4.69, 9.17) is 10.5 Å². The van der Waals surface area contributed by atoms with E-state index >= 15 is 0 Å². The fourth-order valence-electron chi connectivity index (χ4n) is 11.0. The Bertz CT molecular complexity index is 1050. The molecular weight excluding hydrogens is 508 g/mol. The summed E-state index contributed by atoms with van der Waals surface area (Å²) >= 11 is 0. The lowest BCUT2D eigenvalue weighted by Crippen LogP contribution is -2.52. The van der Waals surface area contributed by atoms with Gasteiger partial charge in [-0.25, -0.2) is 0 Å². The summed E-state index contributed by atoms with van der Waals surface area (Å²) in [6.45, 7) is 12.7. The zero-order valence-corrected chi connectivity index (χ0v) is 26.5. The van der Waals surface area contributed by atoms with Crippen LogP contribution in [0.25, 0.3) is 0 Å². The number of nitrogens with two attached hydrogens (primary N) is 1. The van der Waals surface area contributed by atoms with E-state index in [2.05, 4.69) is 38.7 Å². The number of unbranched alkanes of at least 4 members (excludes halogenated alkanes) is 2. The first-order valence-electron chi connectivity index (χ1n) is 17.4. The number of hydrogen-bond acceptors (Lipinski definition) is 5. The number of aliphatic hydroxyl groups excluding tert-OH is 1. The third-order valence-electron chi connectivity index (χ3n) is 13.2. The van der Waals surface area contributed by atoms with Gasteiger partial charge in [-0.1, -0.05) is 44.4 Å². The van der Waals surface area contributed by atoms with E-state index in [1.54, 1.807) is 16.7 Å². The third-order valence-corrected chi connectivity index (χ3v) is 13.2. The van der Waals surface area contributed by atoms with Crippen LogP contribution in [-0.4, -0.2) is 59.3 Å². The molecule has 41 heavy (non-hydrogen) atoms. The van der Waals surface area contributed by atoms with Crippen LogP contribution < -0.4 is 5.73 Å². The summed E-state index contributed by atoms with van der Waals surface area (Å²) in [7, 11) is 0. The molecule has 4 fully saturated rings. The summed E-state index contributed by atoms with van der Waals surface area (Å²) in [6, 6.07) is 0.465. The molecule has 1 spiro atoms. The van der Waals surface area contributed by atoms with Crippen molar-refractivity contribution in [2.75, 3.05) is 19.6 Å². The Hall–Kier alpha value is -1.01. The van der Waals surface area contributed by atoms with Crippen molar-refractivity contribution in [3.8, 4) is 0 Å².